The van der Waals surface area contributed by atoms with Gasteiger partial charge in [-0.05, 0) is 57.2 Å². The molecule has 6 heteroatoms. The van der Waals surface area contributed by atoms with Gasteiger partial charge in [0.05, 0.1) is 16.8 Å². The number of aliphatic imine (C=N–C) groups is 1. The highest BCUT2D eigenvalue weighted by atomic mass is 32.1. The molecule has 5 nitrogen and oxygen atoms in total. The molecule has 0 spiro atoms. The molecule has 0 amide bonds. The number of nitriles is 1. The summed E-state index contributed by atoms with van der Waals surface area (Å²) in [5, 5.41) is 13.4. The van der Waals surface area contributed by atoms with Crippen molar-refractivity contribution < 1.29 is 0 Å². The third-order valence-corrected chi connectivity index (χ3v) is 6.18. The lowest BCUT2D eigenvalue weighted by molar-refractivity contribution is 0.696. The SMILES string of the molecule is Cc1ccc(-n2[nH]c(C)c(/C=N/c3sc4c(c3C#N)CCCC4)c2=O)cc1. The van der Waals surface area contributed by atoms with E-state index in [4.69, 9.17) is 0 Å². The first-order valence-electron chi connectivity index (χ1n) is 9.06. The lowest BCUT2D eigenvalue weighted by atomic mass is 9.96. The van der Waals surface area contributed by atoms with E-state index in [1.54, 1.807) is 17.6 Å². The van der Waals surface area contributed by atoms with Crippen LogP contribution in [0.2, 0.25) is 0 Å². The third kappa shape index (κ3) is 3.15. The Morgan fingerprint density at radius 2 is 1.96 bits per heavy atom. The molecule has 0 unspecified atom stereocenters. The first-order chi connectivity index (χ1) is 13.1. The quantitative estimate of drug-likeness (QED) is 0.690. The molecule has 3 aromatic rings. The van der Waals surface area contributed by atoms with Crippen molar-refractivity contribution in [2.24, 2.45) is 4.99 Å². The first kappa shape index (κ1) is 17.5. The van der Waals surface area contributed by atoms with Gasteiger partial charge in [0.15, 0.2) is 0 Å². The van der Waals surface area contributed by atoms with Gasteiger partial charge in [0.1, 0.15) is 11.1 Å². The minimum absolute atomic E-state index is 0.139. The number of hydrogen-bond donors (Lipinski definition) is 1. The van der Waals surface area contributed by atoms with Crippen molar-refractivity contribution in [1.82, 2.24) is 9.78 Å². The van der Waals surface area contributed by atoms with E-state index >= 15 is 0 Å². The van der Waals surface area contributed by atoms with E-state index in [1.807, 2.05) is 38.1 Å². The number of hydrogen-bond acceptors (Lipinski definition) is 4. The van der Waals surface area contributed by atoms with Crippen molar-refractivity contribution in [3.05, 3.63) is 67.4 Å². The molecular weight excluding hydrogens is 356 g/mol. The van der Waals surface area contributed by atoms with Gasteiger partial charge in [-0.25, -0.2) is 9.67 Å². The Bertz CT molecular complexity index is 1120. The number of H-pyrrole nitrogens is 1. The zero-order valence-electron chi connectivity index (χ0n) is 15.4. The fourth-order valence-electron chi connectivity index (χ4n) is 3.47. The molecule has 0 aliphatic heterocycles. The number of aromatic amines is 1. The van der Waals surface area contributed by atoms with Crippen LogP contribution in [0.1, 0.15) is 45.7 Å². The van der Waals surface area contributed by atoms with Gasteiger partial charge < -0.3 is 0 Å². The van der Waals surface area contributed by atoms with Gasteiger partial charge in [0, 0.05) is 16.8 Å². The van der Waals surface area contributed by atoms with Crippen molar-refractivity contribution in [3.8, 4) is 11.8 Å². The highest BCUT2D eigenvalue weighted by Crippen LogP contribution is 2.39. The number of aryl methyl sites for hydroxylation is 3. The van der Waals surface area contributed by atoms with E-state index in [0.717, 1.165) is 41.8 Å². The Hall–Kier alpha value is -2.91. The van der Waals surface area contributed by atoms with Crippen LogP contribution >= 0.6 is 11.3 Å². The molecule has 1 aliphatic carbocycles. The number of benzene rings is 1. The van der Waals surface area contributed by atoms with E-state index < -0.39 is 0 Å². The second kappa shape index (κ2) is 7.01. The van der Waals surface area contributed by atoms with Crippen molar-refractivity contribution in [3.63, 3.8) is 0 Å². The van der Waals surface area contributed by atoms with Crippen LogP contribution in [0.15, 0.2) is 34.1 Å². The fraction of sp³-hybridized carbons (Fsp3) is 0.286. The topological polar surface area (TPSA) is 73.9 Å². The van der Waals surface area contributed by atoms with Crippen LogP contribution in [-0.2, 0) is 12.8 Å². The predicted molar refractivity (Wildman–Crippen MR) is 109 cm³/mol. The minimum Gasteiger partial charge on any atom is -0.295 e. The molecule has 136 valence electrons. The highest BCUT2D eigenvalue weighted by molar-refractivity contribution is 7.16. The molecule has 0 saturated heterocycles. The summed E-state index contributed by atoms with van der Waals surface area (Å²) >= 11 is 1.58. The number of nitrogens with one attached hydrogen (secondary N) is 1. The molecule has 0 radical (unpaired) electrons. The zero-order chi connectivity index (χ0) is 19.0. The van der Waals surface area contributed by atoms with Gasteiger partial charge in [-0.2, -0.15) is 5.26 Å². The smallest absolute Gasteiger partial charge is 0.280 e. The number of fused-ring (bicyclic) bond motifs is 1. The van der Waals surface area contributed by atoms with Gasteiger partial charge in [0.2, 0.25) is 0 Å². The third-order valence-electron chi connectivity index (χ3n) is 4.98. The molecule has 27 heavy (non-hydrogen) atoms. The summed E-state index contributed by atoms with van der Waals surface area (Å²) < 4.78 is 1.53. The van der Waals surface area contributed by atoms with Crippen LogP contribution in [0, 0.1) is 25.2 Å². The van der Waals surface area contributed by atoms with Gasteiger partial charge in [-0.3, -0.25) is 9.89 Å². The van der Waals surface area contributed by atoms with Crippen molar-refractivity contribution in [1.29, 1.82) is 5.26 Å². The Kier molecular flexibility index (Phi) is 4.54. The minimum atomic E-state index is -0.139. The van der Waals surface area contributed by atoms with E-state index in [2.05, 4.69) is 16.2 Å². The summed E-state index contributed by atoms with van der Waals surface area (Å²) in [5.74, 6) is 0. The lowest BCUT2D eigenvalue weighted by Gasteiger charge is -2.09. The van der Waals surface area contributed by atoms with Crippen LogP contribution in [0.25, 0.3) is 5.69 Å². The maximum Gasteiger partial charge on any atom is 0.280 e. The molecule has 0 bridgehead atoms. The fourth-order valence-corrected chi connectivity index (χ4v) is 4.65. The average molecular weight is 376 g/mol. The highest BCUT2D eigenvalue weighted by Gasteiger charge is 2.20. The zero-order valence-corrected chi connectivity index (χ0v) is 16.2. The maximum absolute atomic E-state index is 12.8. The van der Waals surface area contributed by atoms with Gasteiger partial charge >= 0.3 is 0 Å². The monoisotopic (exact) mass is 376 g/mol. The average Bonchev–Trinajstić information content (AvgIpc) is 3.17. The summed E-state index contributed by atoms with van der Waals surface area (Å²) in [5.41, 5.74) is 4.90. The Balaban J connectivity index is 1.72. The van der Waals surface area contributed by atoms with E-state index in [1.165, 1.54) is 16.0 Å². The number of rotatable bonds is 3. The van der Waals surface area contributed by atoms with Crippen LogP contribution in [0.4, 0.5) is 5.00 Å². The lowest BCUT2D eigenvalue weighted by Crippen LogP contribution is -2.17. The van der Waals surface area contributed by atoms with E-state index in [9.17, 15) is 10.1 Å². The summed E-state index contributed by atoms with van der Waals surface area (Å²) in [6.45, 7) is 3.87. The second-order valence-electron chi connectivity index (χ2n) is 6.89. The van der Waals surface area contributed by atoms with E-state index in [0.29, 0.717) is 16.1 Å². The summed E-state index contributed by atoms with van der Waals surface area (Å²) in [7, 11) is 0. The van der Waals surface area contributed by atoms with Crippen LogP contribution < -0.4 is 5.56 Å². The van der Waals surface area contributed by atoms with E-state index in [-0.39, 0.29) is 5.56 Å². The number of nitrogens with zero attached hydrogens (tertiary/aromatic N) is 3. The van der Waals surface area contributed by atoms with Gasteiger partial charge in [0.25, 0.3) is 5.56 Å². The molecule has 0 saturated carbocycles. The molecule has 1 aliphatic rings. The van der Waals surface area contributed by atoms with Crippen molar-refractivity contribution >= 4 is 22.6 Å². The largest absolute Gasteiger partial charge is 0.295 e. The second-order valence-corrected chi connectivity index (χ2v) is 7.97. The molecule has 1 N–H and O–H groups in total. The van der Waals surface area contributed by atoms with Crippen LogP contribution in [0.5, 0.6) is 0 Å². The summed E-state index contributed by atoms with van der Waals surface area (Å²) in [6.07, 6.45) is 5.86. The van der Waals surface area contributed by atoms with Crippen LogP contribution in [-0.4, -0.2) is 16.0 Å². The number of thiophene rings is 1. The maximum atomic E-state index is 12.8. The Labute approximate surface area is 161 Å². The standard InChI is InChI=1S/C21H20N4OS/c1-13-7-9-15(10-8-13)25-21(26)18(14(2)24-25)12-23-20-17(11-22)16-5-3-4-6-19(16)27-20/h7-10,12,24H,3-6H2,1-2H3/b23-12+. The molecule has 0 atom stereocenters. The molecule has 2 heterocycles. The van der Waals surface area contributed by atoms with Crippen molar-refractivity contribution in [2.75, 3.05) is 0 Å². The van der Waals surface area contributed by atoms with Crippen LogP contribution in [0.3, 0.4) is 0 Å². The Morgan fingerprint density at radius 1 is 1.22 bits per heavy atom. The molecule has 0 fully saturated rings. The van der Waals surface area contributed by atoms with Gasteiger partial charge in [-0.15, -0.1) is 11.3 Å². The van der Waals surface area contributed by atoms with Crippen molar-refractivity contribution in [2.45, 2.75) is 39.5 Å². The molecule has 2 aromatic heterocycles. The first-order valence-corrected chi connectivity index (χ1v) is 9.87. The molecule has 1 aromatic carbocycles. The van der Waals surface area contributed by atoms with Gasteiger partial charge in [-0.1, -0.05) is 17.7 Å². The number of aromatic nitrogens is 2. The predicted octanol–water partition coefficient (Wildman–Crippen LogP) is 4.35. The summed E-state index contributed by atoms with van der Waals surface area (Å²) in [4.78, 5) is 18.6. The molecule has 4 rings (SSSR count). The molecular formula is C21H20N4OS. The summed E-state index contributed by atoms with van der Waals surface area (Å²) in [6, 6.07) is 10.1. The Morgan fingerprint density at radius 3 is 2.70 bits per heavy atom. The normalized spacial score (nSPS) is 13.7.